The van der Waals surface area contributed by atoms with E-state index >= 15 is 0 Å². The Morgan fingerprint density at radius 3 is 2.54 bits per heavy atom. The molecule has 0 bridgehead atoms. The average molecular weight is 342 g/mol. The molecule has 0 fully saturated rings. The summed E-state index contributed by atoms with van der Waals surface area (Å²) in [4.78, 5) is 14.6. The van der Waals surface area contributed by atoms with Gasteiger partial charge in [0.2, 0.25) is 5.16 Å². The Balaban J connectivity index is 1.96. The van der Waals surface area contributed by atoms with Gasteiger partial charge < -0.3 is 4.90 Å². The molecule has 0 N–H and O–H groups in total. The van der Waals surface area contributed by atoms with Crippen LogP contribution in [0, 0.1) is 5.82 Å². The lowest BCUT2D eigenvalue weighted by molar-refractivity contribution is 0.628. The first kappa shape index (κ1) is 16.2. The summed E-state index contributed by atoms with van der Waals surface area (Å²) in [5.41, 5.74) is 1.36. The lowest BCUT2D eigenvalue weighted by Gasteiger charge is -2.18. The maximum Gasteiger partial charge on any atom is 0.220 e. The zero-order valence-electron chi connectivity index (χ0n) is 13.2. The summed E-state index contributed by atoms with van der Waals surface area (Å²) >= 11 is 0. The van der Waals surface area contributed by atoms with E-state index in [1.54, 1.807) is 29.3 Å². The molecular weight excluding hydrogens is 327 g/mol. The highest BCUT2D eigenvalue weighted by molar-refractivity contribution is 7.84. The van der Waals surface area contributed by atoms with E-state index < -0.39 is 10.8 Å². The predicted molar refractivity (Wildman–Crippen MR) is 92.1 cm³/mol. The van der Waals surface area contributed by atoms with E-state index in [9.17, 15) is 8.60 Å². The van der Waals surface area contributed by atoms with Gasteiger partial charge in [0.1, 0.15) is 17.5 Å². The average Bonchev–Trinajstić information content (AvgIpc) is 2.61. The highest BCUT2D eigenvalue weighted by Gasteiger charge is 2.11. The molecular formula is C17H15FN4OS. The second-order valence-electron chi connectivity index (χ2n) is 5.10. The molecule has 1 atom stereocenters. The summed E-state index contributed by atoms with van der Waals surface area (Å²) in [6, 6.07) is 13.5. The van der Waals surface area contributed by atoms with Gasteiger partial charge in [0, 0.05) is 25.1 Å². The maximum atomic E-state index is 13.4. The normalized spacial score (nSPS) is 12.0. The molecule has 5 nitrogen and oxygen atoms in total. The fraction of sp³-hybridized carbons (Fsp3) is 0.118. The molecule has 3 aromatic rings. The monoisotopic (exact) mass is 342 g/mol. The predicted octanol–water partition coefficient (Wildman–Crippen LogP) is 3.18. The number of rotatable bonds is 4. The minimum absolute atomic E-state index is 0.264. The highest BCUT2D eigenvalue weighted by Crippen LogP contribution is 2.24. The van der Waals surface area contributed by atoms with Gasteiger partial charge >= 0.3 is 0 Å². The van der Waals surface area contributed by atoms with Crippen LogP contribution in [0.3, 0.4) is 0 Å². The van der Waals surface area contributed by atoms with Gasteiger partial charge in [-0.2, -0.15) is 0 Å². The Kier molecular flexibility index (Phi) is 4.61. The molecule has 1 aromatic carbocycles. The van der Waals surface area contributed by atoms with E-state index in [1.807, 2.05) is 25.2 Å². The van der Waals surface area contributed by atoms with E-state index in [1.165, 1.54) is 18.4 Å². The van der Waals surface area contributed by atoms with Gasteiger partial charge in [0.05, 0.1) is 16.5 Å². The third-order valence-electron chi connectivity index (χ3n) is 3.42. The fourth-order valence-electron chi connectivity index (χ4n) is 2.19. The number of anilines is 2. The molecule has 0 aliphatic carbocycles. The van der Waals surface area contributed by atoms with E-state index in [-0.39, 0.29) is 11.0 Å². The van der Waals surface area contributed by atoms with Gasteiger partial charge in [-0.1, -0.05) is 18.2 Å². The van der Waals surface area contributed by atoms with Crippen LogP contribution in [0.25, 0.3) is 11.3 Å². The van der Waals surface area contributed by atoms with E-state index in [2.05, 4.69) is 15.0 Å². The second-order valence-corrected chi connectivity index (χ2v) is 6.38. The molecule has 0 aliphatic rings. The van der Waals surface area contributed by atoms with Gasteiger partial charge in [-0.25, -0.2) is 19.3 Å². The van der Waals surface area contributed by atoms with Gasteiger partial charge in [-0.05, 0) is 30.3 Å². The molecule has 0 saturated carbocycles. The molecule has 7 heteroatoms. The highest BCUT2D eigenvalue weighted by atomic mass is 32.2. The van der Waals surface area contributed by atoms with Crippen LogP contribution < -0.4 is 4.90 Å². The van der Waals surface area contributed by atoms with Gasteiger partial charge in [-0.15, -0.1) is 0 Å². The largest absolute Gasteiger partial charge is 0.314 e. The molecule has 2 aromatic heterocycles. The summed E-state index contributed by atoms with van der Waals surface area (Å²) in [5.74, 6) is 0.918. The van der Waals surface area contributed by atoms with Crippen LogP contribution in [-0.4, -0.2) is 32.5 Å². The first-order chi connectivity index (χ1) is 11.5. The molecule has 3 rings (SSSR count). The quantitative estimate of drug-likeness (QED) is 0.682. The molecule has 0 radical (unpaired) electrons. The number of pyridine rings is 1. The molecule has 0 amide bonds. The first-order valence-electron chi connectivity index (χ1n) is 7.18. The molecule has 0 aliphatic heterocycles. The Morgan fingerprint density at radius 2 is 1.79 bits per heavy atom. The Morgan fingerprint density at radius 1 is 1.04 bits per heavy atom. The lowest BCUT2D eigenvalue weighted by Crippen LogP contribution is -2.14. The fourth-order valence-corrected chi connectivity index (χ4v) is 2.62. The third-order valence-corrected chi connectivity index (χ3v) is 4.13. The van der Waals surface area contributed by atoms with Crippen LogP contribution in [0.2, 0.25) is 0 Å². The smallest absolute Gasteiger partial charge is 0.220 e. The number of halogens is 1. The van der Waals surface area contributed by atoms with Crippen molar-refractivity contribution in [2.24, 2.45) is 0 Å². The standard InChI is InChI=1S/C17H15FN4OS/c1-22(16-9-10-19-17(21-16)24(2)23)15-8-4-7-14(20-15)12-5-3-6-13(18)11-12/h3-11H,1-2H3. The van der Waals surface area contributed by atoms with E-state index in [0.717, 1.165) is 0 Å². The van der Waals surface area contributed by atoms with Gasteiger partial charge in [-0.3, -0.25) is 4.21 Å². The van der Waals surface area contributed by atoms with Crippen LogP contribution in [0.5, 0.6) is 0 Å². The van der Waals surface area contributed by atoms with Crippen molar-refractivity contribution in [2.45, 2.75) is 5.16 Å². The topological polar surface area (TPSA) is 59.0 Å². The zero-order chi connectivity index (χ0) is 17.1. The first-order valence-corrected chi connectivity index (χ1v) is 8.73. The van der Waals surface area contributed by atoms with Crippen LogP contribution >= 0.6 is 0 Å². The molecule has 2 heterocycles. The summed E-state index contributed by atoms with van der Waals surface area (Å²) in [6.07, 6.45) is 3.09. The zero-order valence-corrected chi connectivity index (χ0v) is 14.0. The van der Waals surface area contributed by atoms with Gasteiger partial charge in [0.25, 0.3) is 0 Å². The Hall–Kier alpha value is -2.67. The van der Waals surface area contributed by atoms with Gasteiger partial charge in [0.15, 0.2) is 0 Å². The minimum atomic E-state index is -1.26. The molecule has 1 unspecified atom stereocenters. The van der Waals surface area contributed by atoms with Crippen molar-refractivity contribution in [1.82, 2.24) is 15.0 Å². The van der Waals surface area contributed by atoms with Crippen molar-refractivity contribution in [1.29, 1.82) is 0 Å². The van der Waals surface area contributed by atoms with E-state index in [0.29, 0.717) is 22.9 Å². The third kappa shape index (κ3) is 3.46. The van der Waals surface area contributed by atoms with Crippen molar-refractivity contribution < 1.29 is 8.60 Å². The maximum absolute atomic E-state index is 13.4. The van der Waals surface area contributed by atoms with Crippen LogP contribution in [-0.2, 0) is 10.8 Å². The number of benzene rings is 1. The van der Waals surface area contributed by atoms with E-state index in [4.69, 9.17) is 0 Å². The number of nitrogens with zero attached hydrogens (tertiary/aromatic N) is 4. The van der Waals surface area contributed by atoms with Crippen LogP contribution in [0.4, 0.5) is 16.0 Å². The number of hydrogen-bond donors (Lipinski definition) is 0. The number of aromatic nitrogens is 3. The molecule has 122 valence electrons. The summed E-state index contributed by atoms with van der Waals surface area (Å²) in [5, 5.41) is 0.264. The molecule has 0 spiro atoms. The van der Waals surface area contributed by atoms with Crippen LogP contribution in [0.1, 0.15) is 0 Å². The summed E-state index contributed by atoms with van der Waals surface area (Å²) in [7, 11) is 0.548. The van der Waals surface area contributed by atoms with Crippen LogP contribution in [0.15, 0.2) is 59.9 Å². The van der Waals surface area contributed by atoms with Crippen molar-refractivity contribution >= 4 is 22.4 Å². The van der Waals surface area contributed by atoms with Crippen molar-refractivity contribution in [3.05, 3.63) is 60.5 Å². The van der Waals surface area contributed by atoms with Crippen molar-refractivity contribution in [2.75, 3.05) is 18.2 Å². The van der Waals surface area contributed by atoms with Crippen molar-refractivity contribution in [3.63, 3.8) is 0 Å². The molecule has 24 heavy (non-hydrogen) atoms. The second kappa shape index (κ2) is 6.84. The Bertz CT molecular complexity index is 903. The lowest BCUT2D eigenvalue weighted by atomic mass is 10.1. The Labute approximate surface area is 141 Å². The minimum Gasteiger partial charge on any atom is -0.314 e. The molecule has 0 saturated heterocycles. The summed E-state index contributed by atoms with van der Waals surface area (Å²) in [6.45, 7) is 0. The number of hydrogen-bond acceptors (Lipinski definition) is 5. The van der Waals surface area contributed by atoms with Crippen molar-refractivity contribution in [3.8, 4) is 11.3 Å². The SMILES string of the molecule is CN(c1cccc(-c2cccc(F)c2)n1)c1ccnc(S(C)=O)n1. The summed E-state index contributed by atoms with van der Waals surface area (Å²) < 4.78 is 25.0.